The summed E-state index contributed by atoms with van der Waals surface area (Å²) in [6.07, 6.45) is 0. The Morgan fingerprint density at radius 1 is 1.44 bits per heavy atom. The lowest BCUT2D eigenvalue weighted by Gasteiger charge is -2.13. The van der Waals surface area contributed by atoms with Crippen LogP contribution in [0.3, 0.4) is 0 Å². The molecule has 0 bridgehead atoms. The summed E-state index contributed by atoms with van der Waals surface area (Å²) in [6, 6.07) is 6.82. The number of thiazole rings is 1. The molecule has 4 heteroatoms. The van der Waals surface area contributed by atoms with Gasteiger partial charge in [-0.15, -0.1) is 11.3 Å². The maximum absolute atomic E-state index is 13.5. The summed E-state index contributed by atoms with van der Waals surface area (Å²) < 4.78 is 13.5. The fraction of sp³-hybridized carbons (Fsp3) is 0.250. The molecular formula is C12H13FN2S. The quantitative estimate of drug-likeness (QED) is 0.882. The minimum Gasteiger partial charge on any atom is -0.304 e. The van der Waals surface area contributed by atoms with Gasteiger partial charge in [0.15, 0.2) is 0 Å². The van der Waals surface area contributed by atoms with E-state index in [2.05, 4.69) is 10.3 Å². The average Bonchev–Trinajstić information content (AvgIpc) is 2.79. The van der Waals surface area contributed by atoms with E-state index in [4.69, 9.17) is 0 Å². The highest BCUT2D eigenvalue weighted by molar-refractivity contribution is 7.07. The molecular weight excluding hydrogens is 223 g/mol. The number of nitrogens with one attached hydrogen (secondary N) is 1. The van der Waals surface area contributed by atoms with Gasteiger partial charge < -0.3 is 5.32 Å². The first-order chi connectivity index (χ1) is 7.77. The Morgan fingerprint density at radius 2 is 2.25 bits per heavy atom. The second-order valence-electron chi connectivity index (χ2n) is 3.60. The first-order valence-corrected chi connectivity index (χ1v) is 6.06. The van der Waals surface area contributed by atoms with Crippen LogP contribution in [0.4, 0.5) is 4.39 Å². The number of hydrogen-bond donors (Lipinski definition) is 1. The Morgan fingerprint density at radius 3 is 2.94 bits per heavy atom. The van der Waals surface area contributed by atoms with Crippen LogP contribution in [0.25, 0.3) is 0 Å². The molecule has 1 atom stereocenters. The van der Waals surface area contributed by atoms with Gasteiger partial charge in [-0.25, -0.2) is 9.37 Å². The Kier molecular flexibility index (Phi) is 3.64. The molecule has 1 aromatic heterocycles. The minimum absolute atomic E-state index is 0.0112. The van der Waals surface area contributed by atoms with E-state index in [0.29, 0.717) is 12.1 Å². The molecule has 1 aromatic carbocycles. The third-order valence-electron chi connectivity index (χ3n) is 2.44. The monoisotopic (exact) mass is 236 g/mol. The molecule has 0 aliphatic carbocycles. The maximum Gasteiger partial charge on any atom is 0.127 e. The molecule has 0 amide bonds. The number of aromatic nitrogens is 1. The van der Waals surface area contributed by atoms with Crippen molar-refractivity contribution in [3.63, 3.8) is 0 Å². The van der Waals surface area contributed by atoms with Crippen molar-refractivity contribution in [1.82, 2.24) is 10.3 Å². The number of hydrogen-bond acceptors (Lipinski definition) is 3. The van der Waals surface area contributed by atoms with Gasteiger partial charge in [0.2, 0.25) is 0 Å². The van der Waals surface area contributed by atoms with Crippen molar-refractivity contribution < 1.29 is 4.39 Å². The van der Waals surface area contributed by atoms with Crippen molar-refractivity contribution in [2.75, 3.05) is 0 Å². The number of nitrogens with zero attached hydrogens (tertiary/aromatic N) is 1. The van der Waals surface area contributed by atoms with Crippen LogP contribution in [-0.4, -0.2) is 4.98 Å². The van der Waals surface area contributed by atoms with E-state index in [-0.39, 0.29) is 11.9 Å². The highest BCUT2D eigenvalue weighted by Gasteiger charge is 2.09. The second kappa shape index (κ2) is 5.18. The van der Waals surface area contributed by atoms with Crippen molar-refractivity contribution in [2.45, 2.75) is 19.5 Å². The summed E-state index contributed by atoms with van der Waals surface area (Å²) in [5.41, 5.74) is 3.48. The van der Waals surface area contributed by atoms with Gasteiger partial charge in [-0.1, -0.05) is 18.2 Å². The summed E-state index contributed by atoms with van der Waals surface area (Å²) in [5.74, 6) is -0.166. The van der Waals surface area contributed by atoms with E-state index in [0.717, 1.165) is 5.69 Å². The van der Waals surface area contributed by atoms with Crippen LogP contribution in [0, 0.1) is 5.82 Å². The molecule has 1 heterocycles. The summed E-state index contributed by atoms with van der Waals surface area (Å²) in [6.45, 7) is 2.61. The lowest BCUT2D eigenvalue weighted by atomic mass is 10.1. The zero-order valence-electron chi connectivity index (χ0n) is 8.98. The molecule has 0 aliphatic heterocycles. The number of rotatable bonds is 4. The normalized spacial score (nSPS) is 12.6. The summed E-state index contributed by atoms with van der Waals surface area (Å²) in [5, 5.41) is 5.23. The van der Waals surface area contributed by atoms with Crippen LogP contribution in [0.15, 0.2) is 35.2 Å². The average molecular weight is 236 g/mol. The van der Waals surface area contributed by atoms with E-state index in [1.165, 1.54) is 6.07 Å². The molecule has 0 fully saturated rings. The summed E-state index contributed by atoms with van der Waals surface area (Å²) in [4.78, 5) is 4.17. The molecule has 0 saturated heterocycles. The maximum atomic E-state index is 13.5. The standard InChI is InChI=1S/C12H13FN2S/c1-9(11-4-2-3-5-12(11)13)14-6-10-7-16-8-15-10/h2-5,7-9,14H,6H2,1H3. The largest absolute Gasteiger partial charge is 0.304 e. The van der Waals surface area contributed by atoms with Gasteiger partial charge in [-0.05, 0) is 13.0 Å². The van der Waals surface area contributed by atoms with Crippen LogP contribution < -0.4 is 5.32 Å². The van der Waals surface area contributed by atoms with Gasteiger partial charge in [0.25, 0.3) is 0 Å². The topological polar surface area (TPSA) is 24.9 Å². The van der Waals surface area contributed by atoms with E-state index < -0.39 is 0 Å². The Bertz CT molecular complexity index is 442. The van der Waals surface area contributed by atoms with Gasteiger partial charge in [-0.3, -0.25) is 0 Å². The third-order valence-corrected chi connectivity index (χ3v) is 3.08. The highest BCUT2D eigenvalue weighted by Crippen LogP contribution is 2.16. The van der Waals surface area contributed by atoms with E-state index in [9.17, 15) is 4.39 Å². The van der Waals surface area contributed by atoms with E-state index in [1.54, 1.807) is 29.0 Å². The van der Waals surface area contributed by atoms with Crippen LogP contribution in [0.1, 0.15) is 24.2 Å². The molecule has 2 rings (SSSR count). The van der Waals surface area contributed by atoms with Crippen molar-refractivity contribution in [3.05, 3.63) is 52.2 Å². The SMILES string of the molecule is CC(NCc1cscn1)c1ccccc1F. The molecule has 84 valence electrons. The Hall–Kier alpha value is -1.26. The smallest absolute Gasteiger partial charge is 0.127 e. The summed E-state index contributed by atoms with van der Waals surface area (Å²) in [7, 11) is 0. The molecule has 2 nitrogen and oxygen atoms in total. The van der Waals surface area contributed by atoms with Gasteiger partial charge in [-0.2, -0.15) is 0 Å². The fourth-order valence-electron chi connectivity index (χ4n) is 1.52. The number of halogens is 1. The van der Waals surface area contributed by atoms with Crippen molar-refractivity contribution >= 4 is 11.3 Å². The molecule has 1 N–H and O–H groups in total. The molecule has 1 unspecified atom stereocenters. The van der Waals surface area contributed by atoms with Gasteiger partial charge in [0.05, 0.1) is 11.2 Å². The van der Waals surface area contributed by atoms with Crippen LogP contribution in [-0.2, 0) is 6.54 Å². The van der Waals surface area contributed by atoms with Crippen molar-refractivity contribution in [1.29, 1.82) is 0 Å². The van der Waals surface area contributed by atoms with Gasteiger partial charge >= 0.3 is 0 Å². The predicted octanol–water partition coefficient (Wildman–Crippen LogP) is 3.13. The van der Waals surface area contributed by atoms with Gasteiger partial charge in [0, 0.05) is 23.5 Å². The molecule has 0 saturated carbocycles. The van der Waals surface area contributed by atoms with Crippen LogP contribution in [0.5, 0.6) is 0 Å². The first-order valence-electron chi connectivity index (χ1n) is 5.12. The molecule has 0 radical (unpaired) electrons. The van der Waals surface area contributed by atoms with Gasteiger partial charge in [0.1, 0.15) is 5.82 Å². The number of benzene rings is 1. The lowest BCUT2D eigenvalue weighted by molar-refractivity contribution is 0.525. The lowest BCUT2D eigenvalue weighted by Crippen LogP contribution is -2.19. The van der Waals surface area contributed by atoms with Crippen LogP contribution in [0.2, 0.25) is 0 Å². The molecule has 2 aromatic rings. The fourth-order valence-corrected chi connectivity index (χ4v) is 2.08. The minimum atomic E-state index is -0.166. The van der Waals surface area contributed by atoms with Crippen molar-refractivity contribution in [2.24, 2.45) is 0 Å². The zero-order valence-corrected chi connectivity index (χ0v) is 9.80. The summed E-state index contributed by atoms with van der Waals surface area (Å²) >= 11 is 1.57. The third kappa shape index (κ3) is 2.65. The zero-order chi connectivity index (χ0) is 11.4. The second-order valence-corrected chi connectivity index (χ2v) is 4.32. The predicted molar refractivity (Wildman–Crippen MR) is 63.8 cm³/mol. The van der Waals surface area contributed by atoms with Crippen molar-refractivity contribution in [3.8, 4) is 0 Å². The molecule has 16 heavy (non-hydrogen) atoms. The van der Waals surface area contributed by atoms with Crippen LogP contribution >= 0.6 is 11.3 Å². The first kappa shape index (κ1) is 11.2. The Balaban J connectivity index is 1.98. The van der Waals surface area contributed by atoms with E-state index in [1.807, 2.05) is 18.4 Å². The Labute approximate surface area is 98.2 Å². The molecule has 0 aliphatic rings. The van der Waals surface area contributed by atoms with E-state index >= 15 is 0 Å². The highest BCUT2D eigenvalue weighted by atomic mass is 32.1. The molecule has 0 spiro atoms.